The number of benzene rings is 2. The SMILES string of the molecule is Cl.O=C(Nc1ccccc1OCc1ccccc1)OCCN1CCCCC1. The summed E-state index contributed by atoms with van der Waals surface area (Å²) in [5.74, 6) is 0.629. The number of nitrogens with zero attached hydrogens (tertiary/aromatic N) is 1. The maximum Gasteiger partial charge on any atom is 0.411 e. The summed E-state index contributed by atoms with van der Waals surface area (Å²) in [6, 6.07) is 17.3. The van der Waals surface area contributed by atoms with E-state index in [0.717, 1.165) is 25.2 Å². The monoisotopic (exact) mass is 390 g/mol. The van der Waals surface area contributed by atoms with Crippen LogP contribution in [0.4, 0.5) is 10.5 Å². The molecule has 0 aromatic heterocycles. The van der Waals surface area contributed by atoms with Gasteiger partial charge < -0.3 is 9.47 Å². The summed E-state index contributed by atoms with van der Waals surface area (Å²) < 4.78 is 11.2. The molecule has 1 N–H and O–H groups in total. The highest BCUT2D eigenvalue weighted by molar-refractivity contribution is 5.86. The summed E-state index contributed by atoms with van der Waals surface area (Å²) in [6.45, 7) is 3.84. The second kappa shape index (κ2) is 11.5. The number of rotatable bonds is 7. The van der Waals surface area contributed by atoms with E-state index in [1.807, 2.05) is 54.6 Å². The minimum absolute atomic E-state index is 0. The first-order valence-corrected chi connectivity index (χ1v) is 9.23. The normalized spacial score (nSPS) is 14.1. The van der Waals surface area contributed by atoms with Crippen LogP contribution in [-0.4, -0.2) is 37.2 Å². The summed E-state index contributed by atoms with van der Waals surface area (Å²) >= 11 is 0. The topological polar surface area (TPSA) is 50.8 Å². The molecule has 2 aromatic rings. The summed E-state index contributed by atoms with van der Waals surface area (Å²) in [7, 11) is 0. The second-order valence-electron chi connectivity index (χ2n) is 6.43. The fourth-order valence-electron chi connectivity index (χ4n) is 3.03. The first-order valence-electron chi connectivity index (χ1n) is 9.23. The van der Waals surface area contributed by atoms with E-state index < -0.39 is 6.09 Å². The van der Waals surface area contributed by atoms with Gasteiger partial charge in [0.15, 0.2) is 0 Å². The predicted molar refractivity (Wildman–Crippen MR) is 110 cm³/mol. The Balaban J connectivity index is 0.00000261. The number of hydrogen-bond acceptors (Lipinski definition) is 4. The number of piperidine rings is 1. The van der Waals surface area contributed by atoms with Crippen LogP contribution in [0.2, 0.25) is 0 Å². The number of nitrogens with one attached hydrogen (secondary N) is 1. The summed E-state index contributed by atoms with van der Waals surface area (Å²) in [6.07, 6.45) is 3.33. The van der Waals surface area contributed by atoms with Crippen molar-refractivity contribution in [1.29, 1.82) is 0 Å². The Morgan fingerprint density at radius 2 is 1.67 bits per heavy atom. The maximum absolute atomic E-state index is 12.1. The highest BCUT2D eigenvalue weighted by atomic mass is 35.5. The van der Waals surface area contributed by atoms with Gasteiger partial charge in [0.1, 0.15) is 19.0 Å². The number of likely N-dealkylation sites (tertiary alicyclic amines) is 1. The van der Waals surface area contributed by atoms with Gasteiger partial charge in [-0.05, 0) is 43.6 Å². The Morgan fingerprint density at radius 1 is 0.963 bits per heavy atom. The van der Waals surface area contributed by atoms with Crippen LogP contribution in [0.3, 0.4) is 0 Å². The van der Waals surface area contributed by atoms with Crippen molar-refractivity contribution in [1.82, 2.24) is 4.90 Å². The Bertz CT molecular complexity index is 691. The van der Waals surface area contributed by atoms with Gasteiger partial charge in [-0.2, -0.15) is 0 Å². The van der Waals surface area contributed by atoms with Crippen molar-refractivity contribution < 1.29 is 14.3 Å². The van der Waals surface area contributed by atoms with E-state index in [1.54, 1.807) is 0 Å². The summed E-state index contributed by atoms with van der Waals surface area (Å²) in [5.41, 5.74) is 1.69. The van der Waals surface area contributed by atoms with E-state index in [2.05, 4.69) is 10.2 Å². The van der Waals surface area contributed by atoms with E-state index >= 15 is 0 Å². The maximum atomic E-state index is 12.1. The van der Waals surface area contributed by atoms with Crippen LogP contribution >= 0.6 is 12.4 Å². The third-order valence-corrected chi connectivity index (χ3v) is 4.45. The predicted octanol–water partition coefficient (Wildman–Crippen LogP) is 4.72. The van der Waals surface area contributed by atoms with Crippen molar-refractivity contribution in [2.24, 2.45) is 0 Å². The van der Waals surface area contributed by atoms with E-state index in [9.17, 15) is 4.79 Å². The molecule has 1 fully saturated rings. The number of carbonyl (C=O) groups is 1. The number of carbonyl (C=O) groups excluding carboxylic acids is 1. The fraction of sp³-hybridized carbons (Fsp3) is 0.381. The molecule has 1 saturated heterocycles. The molecular formula is C21H27ClN2O3. The largest absolute Gasteiger partial charge is 0.487 e. The van der Waals surface area contributed by atoms with Crippen molar-refractivity contribution >= 4 is 24.2 Å². The van der Waals surface area contributed by atoms with Crippen molar-refractivity contribution in [3.63, 3.8) is 0 Å². The van der Waals surface area contributed by atoms with E-state index in [0.29, 0.717) is 24.7 Å². The molecule has 0 spiro atoms. The zero-order chi connectivity index (χ0) is 18.0. The van der Waals surface area contributed by atoms with Crippen LogP contribution in [0.1, 0.15) is 24.8 Å². The molecule has 0 radical (unpaired) electrons. The standard InChI is InChI=1S/C21H26N2O3.ClH/c24-21(25-16-15-23-13-7-2-8-14-23)22-19-11-5-6-12-20(19)26-17-18-9-3-1-4-10-18;/h1,3-6,9-12H,2,7-8,13-17H2,(H,22,24);1H. The van der Waals surface area contributed by atoms with E-state index in [4.69, 9.17) is 9.47 Å². The van der Waals surface area contributed by atoms with Crippen molar-refractivity contribution in [3.05, 3.63) is 60.2 Å². The van der Waals surface area contributed by atoms with Gasteiger partial charge in [-0.25, -0.2) is 4.79 Å². The van der Waals surface area contributed by atoms with Crippen LogP contribution < -0.4 is 10.1 Å². The zero-order valence-corrected chi connectivity index (χ0v) is 16.2. The molecule has 1 heterocycles. The number of halogens is 1. The molecule has 5 nitrogen and oxygen atoms in total. The lowest BCUT2D eigenvalue weighted by Crippen LogP contribution is -2.33. The summed E-state index contributed by atoms with van der Waals surface area (Å²) in [5, 5.41) is 2.78. The Hall–Kier alpha value is -2.24. The van der Waals surface area contributed by atoms with Gasteiger partial charge in [0, 0.05) is 6.54 Å². The molecule has 0 unspecified atom stereocenters. The van der Waals surface area contributed by atoms with Gasteiger partial charge >= 0.3 is 6.09 Å². The first-order chi connectivity index (χ1) is 12.8. The first kappa shape index (κ1) is 21.1. The van der Waals surface area contributed by atoms with Gasteiger partial charge in [0.2, 0.25) is 0 Å². The molecule has 0 aliphatic carbocycles. The van der Waals surface area contributed by atoms with Crippen molar-refractivity contribution in [2.75, 3.05) is 31.6 Å². The number of anilines is 1. The van der Waals surface area contributed by atoms with Crippen LogP contribution in [0, 0.1) is 0 Å². The molecule has 27 heavy (non-hydrogen) atoms. The Morgan fingerprint density at radius 3 is 2.44 bits per heavy atom. The lowest BCUT2D eigenvalue weighted by Gasteiger charge is -2.25. The Kier molecular flexibility index (Phi) is 8.95. The van der Waals surface area contributed by atoms with Crippen LogP contribution in [0.15, 0.2) is 54.6 Å². The lowest BCUT2D eigenvalue weighted by atomic mass is 10.1. The third-order valence-electron chi connectivity index (χ3n) is 4.45. The van der Waals surface area contributed by atoms with Gasteiger partial charge in [0.25, 0.3) is 0 Å². The van der Waals surface area contributed by atoms with Gasteiger partial charge in [-0.3, -0.25) is 10.2 Å². The minimum Gasteiger partial charge on any atom is -0.487 e. The highest BCUT2D eigenvalue weighted by Crippen LogP contribution is 2.25. The van der Waals surface area contributed by atoms with Gasteiger partial charge in [0.05, 0.1) is 5.69 Å². The van der Waals surface area contributed by atoms with Crippen molar-refractivity contribution in [3.8, 4) is 5.75 Å². The molecule has 0 atom stereocenters. The molecule has 0 bridgehead atoms. The molecule has 0 saturated carbocycles. The average Bonchev–Trinajstić information content (AvgIpc) is 2.69. The molecule has 146 valence electrons. The van der Waals surface area contributed by atoms with Gasteiger partial charge in [-0.15, -0.1) is 12.4 Å². The van der Waals surface area contributed by atoms with E-state index in [1.165, 1.54) is 19.3 Å². The van der Waals surface area contributed by atoms with Gasteiger partial charge in [-0.1, -0.05) is 48.9 Å². The molecule has 6 heteroatoms. The second-order valence-corrected chi connectivity index (χ2v) is 6.43. The number of ether oxygens (including phenoxy) is 2. The number of amides is 1. The quantitative estimate of drug-likeness (QED) is 0.743. The minimum atomic E-state index is -0.447. The molecule has 1 aliphatic rings. The molecular weight excluding hydrogens is 364 g/mol. The molecule has 2 aromatic carbocycles. The van der Waals surface area contributed by atoms with Crippen LogP contribution in [0.5, 0.6) is 5.75 Å². The molecule has 1 amide bonds. The van der Waals surface area contributed by atoms with Crippen LogP contribution in [0.25, 0.3) is 0 Å². The smallest absolute Gasteiger partial charge is 0.411 e. The third kappa shape index (κ3) is 7.12. The fourth-order valence-corrected chi connectivity index (χ4v) is 3.03. The summed E-state index contributed by atoms with van der Waals surface area (Å²) in [4.78, 5) is 14.4. The zero-order valence-electron chi connectivity index (χ0n) is 15.4. The Labute approximate surface area is 167 Å². The van der Waals surface area contributed by atoms with E-state index in [-0.39, 0.29) is 12.4 Å². The number of hydrogen-bond donors (Lipinski definition) is 1. The average molecular weight is 391 g/mol. The molecule has 1 aliphatic heterocycles. The number of para-hydroxylation sites is 2. The lowest BCUT2D eigenvalue weighted by molar-refractivity contribution is 0.131. The highest BCUT2D eigenvalue weighted by Gasteiger charge is 2.12. The molecule has 3 rings (SSSR count). The van der Waals surface area contributed by atoms with Crippen LogP contribution in [-0.2, 0) is 11.3 Å². The van der Waals surface area contributed by atoms with Crippen molar-refractivity contribution in [2.45, 2.75) is 25.9 Å².